The first-order valence-corrected chi connectivity index (χ1v) is 8.01. The van der Waals surface area contributed by atoms with E-state index in [0.29, 0.717) is 0 Å². The molecule has 0 radical (unpaired) electrons. The second-order valence-corrected chi connectivity index (χ2v) is 6.83. The molecular weight excluding hydrogens is 236 g/mol. The molecule has 0 aliphatic heterocycles. The quantitative estimate of drug-likeness (QED) is 0.666. The predicted octanol–water partition coefficient (Wildman–Crippen LogP) is 2.64. The van der Waals surface area contributed by atoms with Crippen molar-refractivity contribution in [3.8, 4) is 0 Å². The van der Waals surface area contributed by atoms with Gasteiger partial charge >= 0.3 is 0 Å². The van der Waals surface area contributed by atoms with Crippen molar-refractivity contribution >= 4 is 0 Å². The minimum Gasteiger partial charge on any atom is -0.394 e. The lowest BCUT2D eigenvalue weighted by Gasteiger charge is -2.34. The van der Waals surface area contributed by atoms with E-state index in [2.05, 4.69) is 31.1 Å². The van der Waals surface area contributed by atoms with Crippen LogP contribution in [-0.4, -0.2) is 48.8 Å². The van der Waals surface area contributed by atoms with E-state index in [9.17, 15) is 5.11 Å². The van der Waals surface area contributed by atoms with Crippen LogP contribution in [0.3, 0.4) is 0 Å². The van der Waals surface area contributed by atoms with E-state index in [1.54, 1.807) is 0 Å². The Kier molecular flexibility index (Phi) is 7.33. The zero-order chi connectivity index (χ0) is 14.3. The molecule has 0 aromatic carbocycles. The minimum absolute atomic E-state index is 0.0993. The molecule has 1 saturated carbocycles. The van der Waals surface area contributed by atoms with Gasteiger partial charge in [0.25, 0.3) is 0 Å². The van der Waals surface area contributed by atoms with Gasteiger partial charge in [0, 0.05) is 11.6 Å². The zero-order valence-corrected chi connectivity index (χ0v) is 13.4. The summed E-state index contributed by atoms with van der Waals surface area (Å²) in [4.78, 5) is 2.56. The van der Waals surface area contributed by atoms with Gasteiger partial charge in [-0.3, -0.25) is 0 Å². The molecule has 0 saturated heterocycles. The van der Waals surface area contributed by atoms with Crippen LogP contribution < -0.4 is 5.32 Å². The number of nitrogens with zero attached hydrogens (tertiary/aromatic N) is 1. The van der Waals surface area contributed by atoms with Crippen molar-refractivity contribution in [3.05, 3.63) is 0 Å². The predicted molar refractivity (Wildman–Crippen MR) is 82.5 cm³/mol. The Morgan fingerprint density at radius 1 is 1.32 bits per heavy atom. The summed E-state index contributed by atoms with van der Waals surface area (Å²) in [6.45, 7) is 5.90. The van der Waals surface area contributed by atoms with Gasteiger partial charge in [-0.1, -0.05) is 26.2 Å². The van der Waals surface area contributed by atoms with Crippen molar-refractivity contribution in [3.63, 3.8) is 0 Å². The maximum atomic E-state index is 9.35. The summed E-state index contributed by atoms with van der Waals surface area (Å²) in [7, 11) is 4.22. The lowest BCUT2D eigenvalue weighted by Crippen LogP contribution is -2.43. The lowest BCUT2D eigenvalue weighted by molar-refractivity contribution is 0.151. The van der Waals surface area contributed by atoms with Crippen LogP contribution in [0, 0.1) is 5.92 Å². The van der Waals surface area contributed by atoms with Crippen LogP contribution in [0.4, 0.5) is 0 Å². The zero-order valence-electron chi connectivity index (χ0n) is 13.4. The number of hydrogen-bond donors (Lipinski definition) is 2. The van der Waals surface area contributed by atoms with Crippen LogP contribution in [0.2, 0.25) is 0 Å². The molecule has 2 N–H and O–H groups in total. The SMILES string of the molecule is CNC(C)(CO)CCCCN(C)C1CCCC(C)C1. The Balaban J connectivity index is 2.18. The molecule has 3 atom stereocenters. The van der Waals surface area contributed by atoms with Gasteiger partial charge in [0.15, 0.2) is 0 Å². The summed E-state index contributed by atoms with van der Waals surface area (Å²) in [6.07, 6.45) is 9.05. The van der Waals surface area contributed by atoms with E-state index in [1.165, 1.54) is 45.1 Å². The molecule has 1 rings (SSSR count). The molecule has 0 aromatic heterocycles. The van der Waals surface area contributed by atoms with Gasteiger partial charge in [-0.2, -0.15) is 0 Å². The summed E-state index contributed by atoms with van der Waals surface area (Å²) in [5.41, 5.74) is -0.0993. The minimum atomic E-state index is -0.0993. The summed E-state index contributed by atoms with van der Waals surface area (Å²) in [5, 5.41) is 12.6. The molecule has 1 aliphatic rings. The third-order valence-corrected chi connectivity index (χ3v) is 4.97. The van der Waals surface area contributed by atoms with E-state index >= 15 is 0 Å². The first kappa shape index (κ1) is 16.9. The number of likely N-dealkylation sites (N-methyl/N-ethyl adjacent to an activating group) is 1. The normalized spacial score (nSPS) is 27.5. The monoisotopic (exact) mass is 270 g/mol. The number of aliphatic hydroxyl groups excluding tert-OH is 1. The van der Waals surface area contributed by atoms with Gasteiger partial charge in [0.05, 0.1) is 6.61 Å². The number of nitrogens with one attached hydrogen (secondary N) is 1. The van der Waals surface area contributed by atoms with Gasteiger partial charge in [-0.05, 0) is 59.2 Å². The molecule has 0 heterocycles. The topological polar surface area (TPSA) is 35.5 Å². The van der Waals surface area contributed by atoms with E-state index in [-0.39, 0.29) is 12.1 Å². The van der Waals surface area contributed by atoms with E-state index in [0.717, 1.165) is 18.4 Å². The molecule has 1 fully saturated rings. The lowest BCUT2D eigenvalue weighted by atomic mass is 9.86. The van der Waals surface area contributed by atoms with Crippen molar-refractivity contribution in [2.45, 2.75) is 70.4 Å². The highest BCUT2D eigenvalue weighted by atomic mass is 16.3. The third kappa shape index (κ3) is 5.80. The van der Waals surface area contributed by atoms with Crippen molar-refractivity contribution < 1.29 is 5.11 Å². The molecule has 3 heteroatoms. The van der Waals surface area contributed by atoms with Gasteiger partial charge in [-0.15, -0.1) is 0 Å². The van der Waals surface area contributed by atoms with Crippen LogP contribution in [0.5, 0.6) is 0 Å². The third-order valence-electron chi connectivity index (χ3n) is 4.97. The Hall–Kier alpha value is -0.120. The van der Waals surface area contributed by atoms with Crippen molar-refractivity contribution in [1.29, 1.82) is 0 Å². The molecule has 1 aliphatic carbocycles. The summed E-state index contributed by atoms with van der Waals surface area (Å²) in [6, 6.07) is 0.803. The maximum Gasteiger partial charge on any atom is 0.0610 e. The molecular formula is C16H34N2O. The van der Waals surface area contributed by atoms with Gasteiger partial charge < -0.3 is 15.3 Å². The van der Waals surface area contributed by atoms with E-state index < -0.39 is 0 Å². The Morgan fingerprint density at radius 2 is 2.05 bits per heavy atom. The smallest absolute Gasteiger partial charge is 0.0610 e. The largest absolute Gasteiger partial charge is 0.394 e. The van der Waals surface area contributed by atoms with Crippen LogP contribution in [-0.2, 0) is 0 Å². The van der Waals surface area contributed by atoms with Gasteiger partial charge in [-0.25, -0.2) is 0 Å². The molecule has 0 bridgehead atoms. The fourth-order valence-corrected chi connectivity index (χ4v) is 3.14. The van der Waals surface area contributed by atoms with Crippen LogP contribution in [0.15, 0.2) is 0 Å². The standard InChI is InChI=1S/C16H34N2O/c1-14-8-7-9-15(12-14)18(4)11-6-5-10-16(2,13-19)17-3/h14-15,17,19H,5-13H2,1-4H3. The number of unbranched alkanes of at least 4 members (excludes halogenated alkanes) is 1. The van der Waals surface area contributed by atoms with Gasteiger partial charge in [0.1, 0.15) is 0 Å². The van der Waals surface area contributed by atoms with E-state index in [1.807, 2.05) is 7.05 Å². The highest BCUT2D eigenvalue weighted by molar-refractivity contribution is 4.81. The molecule has 0 amide bonds. The maximum absolute atomic E-state index is 9.35. The highest BCUT2D eigenvalue weighted by Crippen LogP contribution is 2.26. The first-order chi connectivity index (χ1) is 9.00. The van der Waals surface area contributed by atoms with Crippen molar-refractivity contribution in [1.82, 2.24) is 10.2 Å². The first-order valence-electron chi connectivity index (χ1n) is 8.01. The molecule has 3 nitrogen and oxygen atoms in total. The summed E-state index contributed by atoms with van der Waals surface area (Å²) in [5.74, 6) is 0.906. The number of aliphatic hydroxyl groups is 1. The molecule has 19 heavy (non-hydrogen) atoms. The molecule has 3 unspecified atom stereocenters. The van der Waals surface area contributed by atoms with Crippen molar-refractivity contribution in [2.24, 2.45) is 5.92 Å². The van der Waals surface area contributed by atoms with Crippen LogP contribution >= 0.6 is 0 Å². The highest BCUT2D eigenvalue weighted by Gasteiger charge is 2.23. The second kappa shape index (κ2) is 8.23. The second-order valence-electron chi connectivity index (χ2n) is 6.83. The van der Waals surface area contributed by atoms with Crippen LogP contribution in [0.25, 0.3) is 0 Å². The number of rotatable bonds is 8. The summed E-state index contributed by atoms with van der Waals surface area (Å²) >= 11 is 0. The van der Waals surface area contributed by atoms with E-state index in [4.69, 9.17) is 0 Å². The van der Waals surface area contributed by atoms with Gasteiger partial charge in [0.2, 0.25) is 0 Å². The fourth-order valence-electron chi connectivity index (χ4n) is 3.14. The average Bonchev–Trinajstić information content (AvgIpc) is 2.43. The summed E-state index contributed by atoms with van der Waals surface area (Å²) < 4.78 is 0. The van der Waals surface area contributed by atoms with Crippen molar-refractivity contribution in [2.75, 3.05) is 27.2 Å². The molecule has 0 spiro atoms. The molecule has 0 aromatic rings. The Bertz CT molecular complexity index is 241. The Labute approximate surface area is 119 Å². The Morgan fingerprint density at radius 3 is 2.63 bits per heavy atom. The van der Waals surface area contributed by atoms with Crippen LogP contribution in [0.1, 0.15) is 58.8 Å². The average molecular weight is 270 g/mol. The number of hydrogen-bond acceptors (Lipinski definition) is 3. The fraction of sp³-hybridized carbons (Fsp3) is 1.00. The molecule has 114 valence electrons.